The van der Waals surface area contributed by atoms with Gasteiger partial charge in [0.1, 0.15) is 0 Å². The van der Waals surface area contributed by atoms with Crippen LogP contribution in [0.2, 0.25) is 5.02 Å². The van der Waals surface area contributed by atoms with E-state index < -0.39 is 0 Å². The fourth-order valence-corrected chi connectivity index (χ4v) is 3.19. The van der Waals surface area contributed by atoms with Crippen molar-refractivity contribution < 1.29 is 4.74 Å². The predicted octanol–water partition coefficient (Wildman–Crippen LogP) is 2.40. The van der Waals surface area contributed by atoms with Crippen molar-refractivity contribution in [1.29, 1.82) is 0 Å². The van der Waals surface area contributed by atoms with Gasteiger partial charge in [0.25, 0.3) is 5.56 Å². The number of aromatic nitrogens is 3. The Balaban J connectivity index is 2.33. The van der Waals surface area contributed by atoms with E-state index in [0.29, 0.717) is 29.1 Å². The molecule has 0 atom stereocenters. The Morgan fingerprint density at radius 2 is 1.76 bits per heavy atom. The van der Waals surface area contributed by atoms with E-state index >= 15 is 0 Å². The van der Waals surface area contributed by atoms with Gasteiger partial charge < -0.3 is 9.30 Å². The lowest BCUT2D eigenvalue weighted by atomic mass is 10.1. The third-order valence-electron chi connectivity index (χ3n) is 4.38. The molecule has 0 spiro atoms. The van der Waals surface area contributed by atoms with Crippen molar-refractivity contribution in [2.75, 3.05) is 13.7 Å². The van der Waals surface area contributed by atoms with Crippen LogP contribution in [0.4, 0.5) is 0 Å². The second-order valence-corrected chi connectivity index (χ2v) is 6.43. The Hall–Kier alpha value is -2.31. The predicted molar refractivity (Wildman–Crippen MR) is 99.4 cm³/mol. The smallest absolute Gasteiger partial charge is 0.330 e. The van der Waals surface area contributed by atoms with Crippen LogP contribution in [-0.4, -0.2) is 27.4 Å². The van der Waals surface area contributed by atoms with Crippen molar-refractivity contribution in [1.82, 2.24) is 13.7 Å². The summed E-state index contributed by atoms with van der Waals surface area (Å²) in [6.07, 6.45) is 2.66. The summed E-state index contributed by atoms with van der Waals surface area (Å²) in [6.45, 7) is 1.29. The van der Waals surface area contributed by atoms with Crippen LogP contribution in [-0.2, 0) is 25.4 Å². The molecule has 0 N–H and O–H groups in total. The van der Waals surface area contributed by atoms with Gasteiger partial charge in [0, 0.05) is 45.6 Å². The van der Waals surface area contributed by atoms with Crippen LogP contribution >= 0.6 is 11.6 Å². The Morgan fingerprint density at radius 1 is 1.08 bits per heavy atom. The van der Waals surface area contributed by atoms with Crippen molar-refractivity contribution in [2.45, 2.75) is 13.0 Å². The first kappa shape index (κ1) is 17.5. The number of nitrogens with zero attached hydrogens (tertiary/aromatic N) is 3. The highest BCUT2D eigenvalue weighted by Crippen LogP contribution is 2.29. The Labute approximate surface area is 149 Å². The van der Waals surface area contributed by atoms with E-state index in [4.69, 9.17) is 16.3 Å². The fourth-order valence-electron chi connectivity index (χ4n) is 3.06. The monoisotopic (exact) mass is 361 g/mol. The molecule has 0 saturated carbocycles. The molecular weight excluding hydrogens is 342 g/mol. The quantitative estimate of drug-likeness (QED) is 0.656. The van der Waals surface area contributed by atoms with Crippen LogP contribution in [0, 0.1) is 0 Å². The molecule has 0 aliphatic rings. The summed E-state index contributed by atoms with van der Waals surface area (Å²) in [5, 5.41) is 1.16. The van der Waals surface area contributed by atoms with Crippen LogP contribution in [0.15, 0.2) is 40.1 Å². The zero-order valence-electron chi connectivity index (χ0n) is 14.5. The fraction of sp³-hybridized carbons (Fsp3) is 0.333. The first-order chi connectivity index (χ1) is 12.0. The van der Waals surface area contributed by atoms with Crippen molar-refractivity contribution in [3.8, 4) is 11.3 Å². The molecule has 1 aromatic carbocycles. The number of ether oxygens (including phenoxy) is 1. The number of aryl methyl sites for hydroxylation is 2. The molecule has 2 heterocycles. The molecule has 0 fully saturated rings. The van der Waals surface area contributed by atoms with E-state index in [0.717, 1.165) is 22.2 Å². The molecule has 0 amide bonds. The van der Waals surface area contributed by atoms with Crippen LogP contribution in [0.1, 0.15) is 6.42 Å². The molecule has 0 saturated heterocycles. The Morgan fingerprint density at radius 3 is 2.40 bits per heavy atom. The van der Waals surface area contributed by atoms with Gasteiger partial charge in [-0.2, -0.15) is 0 Å². The lowest BCUT2D eigenvalue weighted by Gasteiger charge is -2.10. The first-order valence-corrected chi connectivity index (χ1v) is 8.37. The van der Waals surface area contributed by atoms with Crippen LogP contribution < -0.4 is 11.2 Å². The number of hydrogen-bond acceptors (Lipinski definition) is 3. The van der Waals surface area contributed by atoms with Crippen LogP contribution in [0.25, 0.3) is 22.2 Å². The minimum absolute atomic E-state index is 0.298. The maximum Gasteiger partial charge on any atom is 0.330 e. The minimum Gasteiger partial charge on any atom is -0.385 e. The van der Waals surface area contributed by atoms with Crippen LogP contribution in [0.3, 0.4) is 0 Å². The molecule has 132 valence electrons. The highest BCUT2D eigenvalue weighted by molar-refractivity contribution is 6.30. The maximum atomic E-state index is 12.8. The van der Waals surface area contributed by atoms with Crippen molar-refractivity contribution >= 4 is 22.5 Å². The Kier molecular flexibility index (Phi) is 4.83. The van der Waals surface area contributed by atoms with Gasteiger partial charge in [-0.25, -0.2) is 4.79 Å². The molecular formula is C18H20ClN3O3. The normalized spacial score (nSPS) is 11.4. The van der Waals surface area contributed by atoms with Gasteiger partial charge in [0.05, 0.1) is 16.6 Å². The van der Waals surface area contributed by atoms with Crippen LogP contribution in [0.5, 0.6) is 0 Å². The number of fused-ring (bicyclic) bond motifs is 1. The van der Waals surface area contributed by atoms with E-state index in [9.17, 15) is 9.59 Å². The van der Waals surface area contributed by atoms with E-state index in [-0.39, 0.29) is 11.2 Å². The molecule has 25 heavy (non-hydrogen) atoms. The second-order valence-electron chi connectivity index (χ2n) is 5.99. The maximum absolute atomic E-state index is 12.8. The van der Waals surface area contributed by atoms with E-state index in [1.54, 1.807) is 26.3 Å². The zero-order valence-corrected chi connectivity index (χ0v) is 15.2. The molecule has 2 aromatic heterocycles. The average Bonchev–Trinajstić information content (AvgIpc) is 2.99. The van der Waals surface area contributed by atoms with Crippen molar-refractivity contribution in [2.24, 2.45) is 14.1 Å². The molecule has 0 unspecified atom stereocenters. The molecule has 6 nitrogen and oxygen atoms in total. The van der Waals surface area contributed by atoms with Gasteiger partial charge in [-0.15, -0.1) is 0 Å². The zero-order chi connectivity index (χ0) is 18.1. The molecule has 7 heteroatoms. The van der Waals surface area contributed by atoms with E-state index in [2.05, 4.69) is 0 Å². The summed E-state index contributed by atoms with van der Waals surface area (Å²) in [4.78, 5) is 25.0. The largest absolute Gasteiger partial charge is 0.385 e. The second kappa shape index (κ2) is 6.90. The Bertz CT molecular complexity index is 1030. The van der Waals surface area contributed by atoms with E-state index in [1.165, 1.54) is 11.6 Å². The van der Waals surface area contributed by atoms with Crippen molar-refractivity contribution in [3.63, 3.8) is 0 Å². The van der Waals surface area contributed by atoms with Gasteiger partial charge in [-0.1, -0.05) is 23.7 Å². The van der Waals surface area contributed by atoms with Gasteiger partial charge in [0.2, 0.25) is 0 Å². The summed E-state index contributed by atoms with van der Waals surface area (Å²) in [7, 11) is 4.83. The molecule has 0 radical (unpaired) electrons. The summed E-state index contributed by atoms with van der Waals surface area (Å²) in [5.41, 5.74) is 1.66. The summed E-state index contributed by atoms with van der Waals surface area (Å²) >= 11 is 6.00. The van der Waals surface area contributed by atoms with Gasteiger partial charge >= 0.3 is 5.69 Å². The molecule has 0 aliphatic carbocycles. The first-order valence-electron chi connectivity index (χ1n) is 7.99. The minimum atomic E-state index is -0.339. The number of rotatable bonds is 5. The topological polar surface area (TPSA) is 58.2 Å². The highest BCUT2D eigenvalue weighted by Gasteiger charge is 2.19. The molecule has 3 aromatic rings. The molecule has 0 aliphatic heterocycles. The summed E-state index contributed by atoms with van der Waals surface area (Å²) in [6, 6.07) is 7.35. The highest BCUT2D eigenvalue weighted by atomic mass is 35.5. The van der Waals surface area contributed by atoms with Gasteiger partial charge in [-0.05, 0) is 24.1 Å². The number of hydrogen-bond donors (Lipinski definition) is 0. The molecule has 0 bridgehead atoms. The third-order valence-corrected chi connectivity index (χ3v) is 4.63. The summed E-state index contributed by atoms with van der Waals surface area (Å²) in [5.74, 6) is 0. The number of methoxy groups -OCH3 is 1. The number of benzene rings is 1. The van der Waals surface area contributed by atoms with Gasteiger partial charge in [-0.3, -0.25) is 13.9 Å². The van der Waals surface area contributed by atoms with E-state index in [1.807, 2.05) is 22.9 Å². The lowest BCUT2D eigenvalue weighted by Crippen LogP contribution is -2.36. The summed E-state index contributed by atoms with van der Waals surface area (Å²) < 4.78 is 9.78. The lowest BCUT2D eigenvalue weighted by molar-refractivity contribution is 0.190. The average molecular weight is 362 g/mol. The third kappa shape index (κ3) is 3.03. The SMILES string of the molecule is COCCCn1cc2c(c1-c1ccc(Cl)cc1)c(=O)n(C)c(=O)n2C. The molecule has 3 rings (SSSR count). The number of halogens is 1. The van der Waals surface area contributed by atoms with Gasteiger partial charge in [0.15, 0.2) is 0 Å². The standard InChI is InChI=1S/C18H20ClN3O3/c1-20-14-11-22(9-4-10-25-3)16(12-5-7-13(19)8-6-12)15(14)17(23)21(2)18(20)24/h5-8,11H,4,9-10H2,1-3H3. The van der Waals surface area contributed by atoms with Crippen molar-refractivity contribution in [3.05, 3.63) is 56.3 Å².